The van der Waals surface area contributed by atoms with E-state index in [2.05, 4.69) is 0 Å². The minimum Gasteiger partial charge on any atom is -0.400 e. The second-order valence-corrected chi connectivity index (χ2v) is 17.9. The average molecular weight is 1060 g/mol. The number of carbonyl (C=O) groups excluding carboxylic acids is 9. The Morgan fingerprint density at radius 1 is 0.372 bits per heavy atom. The van der Waals surface area contributed by atoms with Gasteiger partial charge in [-0.2, -0.15) is 0 Å². The number of rotatable bonds is 17. The quantitative estimate of drug-likeness (QED) is 0.0855. The molecule has 0 spiro atoms. The number of β-amino-alcohol motifs (C(OH)–C–C–N with tert-alkyl or cyclic N) is 1. The zero-order valence-electron chi connectivity index (χ0n) is 43.3. The maximum absolute atomic E-state index is 12.6. The Balaban J connectivity index is 0.000000186. The SMILES string of the molecule is CO.O=C1CC(=O)N(CC(O)c2ccccc2)C(=O)N1CCc1ccccc1.O=C1CC(=O)N(CCc2ccccc2)C(=O)N1/C=C/c1ccccc1.O=C1CC(=O)N(CCc2ccccc2)C(=O)N1CCc1ccccc1. The van der Waals surface area contributed by atoms with Crippen molar-refractivity contribution < 1.29 is 53.4 Å². The molecule has 3 aliphatic rings. The van der Waals surface area contributed by atoms with Crippen LogP contribution >= 0.6 is 0 Å². The molecule has 1 atom stereocenters. The first-order valence-corrected chi connectivity index (χ1v) is 25.4. The first-order valence-electron chi connectivity index (χ1n) is 25.4. The van der Waals surface area contributed by atoms with E-state index in [4.69, 9.17) is 5.11 Å². The number of aliphatic hydroxyl groups is 2. The molecule has 0 aromatic heterocycles. The highest BCUT2D eigenvalue weighted by molar-refractivity contribution is 6.16. The number of carbonyl (C=O) groups is 9. The summed E-state index contributed by atoms with van der Waals surface area (Å²) in [5, 5.41) is 17.3. The lowest BCUT2D eigenvalue weighted by molar-refractivity contribution is -0.144. The van der Waals surface area contributed by atoms with Crippen molar-refractivity contribution in [2.24, 2.45) is 0 Å². The van der Waals surface area contributed by atoms with Crippen LogP contribution in [0, 0.1) is 0 Å². The number of barbiturate groups is 3. The van der Waals surface area contributed by atoms with Crippen molar-refractivity contribution in [3.8, 4) is 0 Å². The van der Waals surface area contributed by atoms with E-state index in [0.29, 0.717) is 31.2 Å². The van der Waals surface area contributed by atoms with E-state index in [9.17, 15) is 48.3 Å². The molecule has 1 unspecified atom stereocenters. The van der Waals surface area contributed by atoms with E-state index in [1.807, 2.05) is 158 Å². The molecule has 0 aliphatic carbocycles. The summed E-state index contributed by atoms with van der Waals surface area (Å²) in [4.78, 5) is 117. The molecule has 3 heterocycles. The molecule has 6 aromatic carbocycles. The number of imide groups is 6. The van der Waals surface area contributed by atoms with Gasteiger partial charge in [0, 0.05) is 39.5 Å². The zero-order valence-corrected chi connectivity index (χ0v) is 43.3. The summed E-state index contributed by atoms with van der Waals surface area (Å²) in [5.74, 6) is -2.86. The number of aliphatic hydroxyl groups excluding tert-OH is 2. The highest BCUT2D eigenvalue weighted by Gasteiger charge is 2.40. The maximum Gasteiger partial charge on any atom is 0.337 e. The molecular formula is C61H62N6O11. The lowest BCUT2D eigenvalue weighted by atomic mass is 10.1. The Labute approximate surface area is 453 Å². The number of hydrogen-bond donors (Lipinski definition) is 2. The Kier molecular flexibility index (Phi) is 22.2. The molecule has 402 valence electrons. The molecule has 3 aliphatic heterocycles. The van der Waals surface area contributed by atoms with Gasteiger partial charge in [0.2, 0.25) is 35.4 Å². The predicted molar refractivity (Wildman–Crippen MR) is 291 cm³/mol. The van der Waals surface area contributed by atoms with Crippen molar-refractivity contribution >= 4 is 59.6 Å². The van der Waals surface area contributed by atoms with Crippen LogP contribution in [0.5, 0.6) is 0 Å². The topological polar surface area (TPSA) is 214 Å². The van der Waals surface area contributed by atoms with Crippen molar-refractivity contribution in [1.82, 2.24) is 29.4 Å². The fourth-order valence-electron chi connectivity index (χ4n) is 8.44. The van der Waals surface area contributed by atoms with Gasteiger partial charge in [-0.1, -0.05) is 182 Å². The fraction of sp³-hybridized carbons (Fsp3) is 0.230. The molecule has 0 bridgehead atoms. The van der Waals surface area contributed by atoms with Gasteiger partial charge >= 0.3 is 18.1 Å². The molecule has 17 heteroatoms. The van der Waals surface area contributed by atoms with Gasteiger partial charge in [0.05, 0.1) is 12.6 Å². The molecule has 3 saturated heterocycles. The fourth-order valence-corrected chi connectivity index (χ4v) is 8.44. The second kappa shape index (κ2) is 29.8. The molecule has 3 fully saturated rings. The first-order chi connectivity index (χ1) is 37.9. The minimum atomic E-state index is -0.992. The van der Waals surface area contributed by atoms with Crippen LogP contribution < -0.4 is 0 Å². The lowest BCUT2D eigenvalue weighted by Gasteiger charge is -2.33. The van der Waals surface area contributed by atoms with E-state index in [0.717, 1.165) is 54.5 Å². The molecular weight excluding hydrogens is 993 g/mol. The molecule has 17 nitrogen and oxygen atoms in total. The Morgan fingerprint density at radius 3 is 1.01 bits per heavy atom. The molecule has 2 N–H and O–H groups in total. The van der Waals surface area contributed by atoms with Crippen LogP contribution in [0.2, 0.25) is 0 Å². The Bertz CT molecular complexity index is 2940. The molecule has 78 heavy (non-hydrogen) atoms. The van der Waals surface area contributed by atoms with E-state index >= 15 is 0 Å². The van der Waals surface area contributed by atoms with E-state index in [-0.39, 0.29) is 52.0 Å². The van der Waals surface area contributed by atoms with E-state index in [1.54, 1.807) is 30.3 Å². The minimum absolute atomic E-state index is 0.170. The van der Waals surface area contributed by atoms with Gasteiger partial charge in [-0.05, 0) is 65.1 Å². The smallest absolute Gasteiger partial charge is 0.337 e. The molecule has 6 aromatic rings. The summed E-state index contributed by atoms with van der Waals surface area (Å²) in [6, 6.07) is 54.9. The number of hydrogen-bond acceptors (Lipinski definition) is 11. The largest absolute Gasteiger partial charge is 0.400 e. The first kappa shape index (κ1) is 58.1. The van der Waals surface area contributed by atoms with E-state index in [1.165, 1.54) is 16.0 Å². The third-order valence-corrected chi connectivity index (χ3v) is 12.7. The molecule has 0 radical (unpaired) electrons. The summed E-state index contributed by atoms with van der Waals surface area (Å²) in [7, 11) is 1.00. The summed E-state index contributed by atoms with van der Waals surface area (Å²) < 4.78 is 0. The van der Waals surface area contributed by atoms with Crippen molar-refractivity contribution in [3.63, 3.8) is 0 Å². The second-order valence-electron chi connectivity index (χ2n) is 17.9. The third-order valence-electron chi connectivity index (χ3n) is 12.7. The van der Waals surface area contributed by atoms with Crippen LogP contribution in [-0.2, 0) is 54.5 Å². The average Bonchev–Trinajstić information content (AvgIpc) is 3.47. The van der Waals surface area contributed by atoms with Crippen LogP contribution in [0.4, 0.5) is 14.4 Å². The number of urea groups is 3. The van der Waals surface area contributed by atoms with Gasteiger partial charge in [0.1, 0.15) is 19.3 Å². The van der Waals surface area contributed by atoms with Gasteiger partial charge < -0.3 is 10.2 Å². The number of nitrogens with zero attached hydrogens (tertiary/aromatic N) is 6. The van der Waals surface area contributed by atoms with Crippen molar-refractivity contribution in [1.29, 1.82) is 0 Å². The Morgan fingerprint density at radius 2 is 0.654 bits per heavy atom. The summed E-state index contributed by atoms with van der Waals surface area (Å²) in [6.07, 6.45) is 3.47. The van der Waals surface area contributed by atoms with Gasteiger partial charge in [0.15, 0.2) is 0 Å². The van der Waals surface area contributed by atoms with Crippen LogP contribution in [0.1, 0.15) is 58.7 Å². The van der Waals surface area contributed by atoms with Crippen LogP contribution in [-0.4, -0.2) is 133 Å². The predicted octanol–water partition coefficient (Wildman–Crippen LogP) is 7.49. The van der Waals surface area contributed by atoms with Gasteiger partial charge in [-0.15, -0.1) is 0 Å². The highest BCUT2D eigenvalue weighted by atomic mass is 16.3. The molecule has 12 amide bonds. The monoisotopic (exact) mass is 1050 g/mol. The normalized spacial score (nSPS) is 15.1. The standard InChI is InChI=1S/C20H20N2O4.C20H20N2O3.C20H18N2O3.CH4O/c23-17(16-9-5-2-6-10-16)14-22-19(25)13-18(24)21(20(22)26)12-11-15-7-3-1-4-8-15;2*23-18-15-19(24)22(14-12-17-9-5-2-6-10-17)20(25)21(18)13-11-16-7-3-1-4-8-16;1-2/h1-10,17,23H,11-14H2;1-10H,11-15H2;1-11,13H,12,14-15H2;2H,1H3/b;;13-11+;. The van der Waals surface area contributed by atoms with Crippen molar-refractivity contribution in [2.75, 3.05) is 39.8 Å². The Hall–Kier alpha value is -9.19. The maximum atomic E-state index is 12.6. The van der Waals surface area contributed by atoms with Crippen LogP contribution in [0.3, 0.4) is 0 Å². The van der Waals surface area contributed by atoms with Gasteiger partial charge in [-0.25, -0.2) is 19.3 Å². The molecule has 0 saturated carbocycles. The van der Waals surface area contributed by atoms with E-state index < -0.39 is 59.6 Å². The summed E-state index contributed by atoms with van der Waals surface area (Å²) in [5.41, 5.74) is 5.62. The van der Waals surface area contributed by atoms with Gasteiger partial charge in [0.25, 0.3) is 0 Å². The van der Waals surface area contributed by atoms with Crippen LogP contribution in [0.25, 0.3) is 6.08 Å². The molecule has 9 rings (SSSR count). The zero-order chi connectivity index (χ0) is 55.8. The summed E-state index contributed by atoms with van der Waals surface area (Å²) in [6.45, 7) is 0.863. The highest BCUT2D eigenvalue weighted by Crippen LogP contribution is 2.21. The number of benzene rings is 6. The van der Waals surface area contributed by atoms with Gasteiger partial charge in [-0.3, -0.25) is 53.3 Å². The lowest BCUT2D eigenvalue weighted by Crippen LogP contribution is -2.56. The van der Waals surface area contributed by atoms with Crippen molar-refractivity contribution in [2.45, 2.75) is 51.0 Å². The summed E-state index contributed by atoms with van der Waals surface area (Å²) >= 11 is 0. The van der Waals surface area contributed by atoms with Crippen molar-refractivity contribution in [3.05, 3.63) is 222 Å². The third kappa shape index (κ3) is 16.7. The van der Waals surface area contributed by atoms with Crippen LogP contribution in [0.15, 0.2) is 188 Å². The number of amides is 12.